The van der Waals surface area contributed by atoms with E-state index in [1.54, 1.807) is 0 Å². The fraction of sp³-hybridized carbons (Fsp3) is 0.807. The van der Waals surface area contributed by atoms with Gasteiger partial charge in [0.15, 0.2) is 0 Å². The molecule has 490 valence electrons. The number of aliphatic carboxylic acids is 1. The zero-order chi connectivity index (χ0) is 64.9. The number of hydrogen-bond donors (Lipinski definition) is 17. The van der Waals surface area contributed by atoms with Crippen molar-refractivity contribution in [1.82, 2.24) is 53.2 Å². The molecular weight excluding hydrogens is 1120 g/mol. The average molecular weight is 1230 g/mol. The first-order chi connectivity index (χ1) is 40.0. The van der Waals surface area contributed by atoms with Gasteiger partial charge in [0.2, 0.25) is 59.1 Å². The molecule has 0 unspecified atom stereocenters. The Hall–Kier alpha value is -5.68. The van der Waals surface area contributed by atoms with Crippen LogP contribution in [0.4, 0.5) is 0 Å². The lowest BCUT2D eigenvalue weighted by molar-refractivity contribution is -0.141. The van der Waals surface area contributed by atoms with Crippen LogP contribution in [0.25, 0.3) is 0 Å². The van der Waals surface area contributed by atoms with Crippen LogP contribution in [0.3, 0.4) is 0 Å². The summed E-state index contributed by atoms with van der Waals surface area (Å²) in [4.78, 5) is 150. The molecule has 0 saturated carbocycles. The van der Waals surface area contributed by atoms with Crippen LogP contribution in [-0.4, -0.2) is 169 Å². The van der Waals surface area contributed by atoms with Crippen LogP contribution in [0.1, 0.15) is 172 Å². The molecule has 0 rings (SSSR count). The molecule has 27 nitrogen and oxygen atoms in total. The Morgan fingerprint density at radius 1 is 0.318 bits per heavy atom. The van der Waals surface area contributed by atoms with E-state index in [0.29, 0.717) is 70.9 Å². The highest BCUT2D eigenvalue weighted by Gasteiger charge is 2.36. The molecule has 0 aromatic heterocycles. The van der Waals surface area contributed by atoms with Gasteiger partial charge in [-0.3, -0.25) is 47.9 Å². The molecule has 0 saturated heterocycles. The summed E-state index contributed by atoms with van der Waals surface area (Å²) in [7, 11) is 0. The third-order valence-electron chi connectivity index (χ3n) is 13.7. The van der Waals surface area contributed by atoms with Gasteiger partial charge < -0.3 is 86.9 Å². The van der Waals surface area contributed by atoms with Crippen molar-refractivity contribution in [3.63, 3.8) is 0 Å². The third-order valence-corrected chi connectivity index (χ3v) is 14.1. The number of carbonyl (C=O) groups is 11. The minimum atomic E-state index is -1.32. The first-order valence-corrected chi connectivity index (χ1v) is 31.0. The summed E-state index contributed by atoms with van der Waals surface area (Å²) >= 11 is 4.02. The number of nitrogens with one attached hydrogen (secondary N) is 10. The van der Waals surface area contributed by atoms with E-state index in [1.807, 2.05) is 55.4 Å². The number of nitrogens with two attached hydrogens (primary N) is 5. The number of carbonyl (C=O) groups excluding carboxylic acids is 10. The Labute approximate surface area is 509 Å². The van der Waals surface area contributed by atoms with Crippen molar-refractivity contribution in [2.45, 2.75) is 238 Å². The average Bonchev–Trinajstić information content (AvgIpc) is 3.62. The maximum atomic E-state index is 14.3. The summed E-state index contributed by atoms with van der Waals surface area (Å²) in [6, 6.07) is -12.9. The predicted octanol–water partition coefficient (Wildman–Crippen LogP) is -1.08. The highest BCUT2D eigenvalue weighted by Crippen LogP contribution is 2.14. The first-order valence-electron chi connectivity index (χ1n) is 30.4. The Kier molecular flexibility index (Phi) is 40.9. The van der Waals surface area contributed by atoms with E-state index in [-0.39, 0.29) is 87.5 Å². The standard InChI is InChI=1S/C57H109N15O12S/c1-32(2)27-42(69-49(75)38(62)19-11-15-23-58)53(79)64-36(9)47(73)65-39(20-12-16-24-59)50(76)63-37(10)48(74)68-43(28-33(3)4)54(80)67-40(21-13-17-25-60)51(77)66-41(22-14-18-26-61)52(78)70-44(29-34(5)6)55(81)71-45(30-35(7)8)56(82)72-46(31-85)57(83)84/h32-46,85H,11-31,58-62H2,1-10H3,(H,63,76)(H,64,79)(H,65,73)(H,66,77)(H,67,80)(H,68,74)(H,69,75)(H,70,78)(H,71,81)(H,72,82)(H,83,84)/t36-,37-,38-,39-,40-,41-,42-,43-,44-,45-,46-/m0/s1. The van der Waals surface area contributed by atoms with E-state index in [9.17, 15) is 57.8 Å². The Morgan fingerprint density at radius 2 is 0.541 bits per heavy atom. The van der Waals surface area contributed by atoms with Gasteiger partial charge in [-0.05, 0) is 160 Å². The van der Waals surface area contributed by atoms with E-state index < -0.39 is 132 Å². The molecule has 21 N–H and O–H groups in total. The molecule has 0 aromatic carbocycles. The van der Waals surface area contributed by atoms with Gasteiger partial charge in [0.1, 0.15) is 60.4 Å². The van der Waals surface area contributed by atoms with Gasteiger partial charge in [-0.15, -0.1) is 0 Å². The molecule has 0 radical (unpaired) electrons. The SMILES string of the molecule is CC(C)C[C@H](NC(=O)[C@H](C)NC(=O)[C@H](CCCCN)NC(=O)[C@H](C)NC(=O)[C@H](CC(C)C)NC(=O)[C@@H](N)CCCCN)C(=O)N[C@@H](CCCCN)C(=O)N[C@@H](CCCCN)C(=O)N[C@@H](CC(C)C)C(=O)N[C@@H](CC(C)C)C(=O)N[C@@H](CS)C(=O)O. The molecule has 10 amide bonds. The van der Waals surface area contributed by atoms with E-state index in [0.717, 1.165) is 0 Å². The zero-order valence-electron chi connectivity index (χ0n) is 52.3. The van der Waals surface area contributed by atoms with Gasteiger partial charge in [0, 0.05) is 5.75 Å². The maximum absolute atomic E-state index is 14.3. The summed E-state index contributed by atoms with van der Waals surface area (Å²) < 4.78 is 0. The summed E-state index contributed by atoms with van der Waals surface area (Å²) in [6.07, 6.45) is 5.21. The Morgan fingerprint density at radius 3 is 0.824 bits per heavy atom. The lowest BCUT2D eigenvalue weighted by Gasteiger charge is -2.29. The molecule has 0 aliphatic heterocycles. The van der Waals surface area contributed by atoms with Crippen LogP contribution in [0.15, 0.2) is 0 Å². The van der Waals surface area contributed by atoms with Crippen molar-refractivity contribution in [3.05, 3.63) is 0 Å². The molecular formula is C57H109N15O12S. The van der Waals surface area contributed by atoms with Crippen LogP contribution >= 0.6 is 12.6 Å². The number of rotatable bonds is 46. The summed E-state index contributed by atoms with van der Waals surface area (Å²) in [5.74, 6) is -8.97. The van der Waals surface area contributed by atoms with Crippen molar-refractivity contribution in [3.8, 4) is 0 Å². The van der Waals surface area contributed by atoms with Crippen molar-refractivity contribution >= 4 is 77.7 Å². The van der Waals surface area contributed by atoms with Gasteiger partial charge in [-0.1, -0.05) is 61.8 Å². The van der Waals surface area contributed by atoms with Crippen molar-refractivity contribution in [1.29, 1.82) is 0 Å². The summed E-state index contributed by atoms with van der Waals surface area (Å²) in [5.41, 5.74) is 29.0. The zero-order valence-corrected chi connectivity index (χ0v) is 53.2. The number of amides is 10. The second-order valence-electron chi connectivity index (χ2n) is 23.7. The van der Waals surface area contributed by atoms with E-state index >= 15 is 0 Å². The Balaban J connectivity index is 6.57. The van der Waals surface area contributed by atoms with Crippen LogP contribution in [0.5, 0.6) is 0 Å². The molecule has 0 spiro atoms. The van der Waals surface area contributed by atoms with Gasteiger partial charge in [0.05, 0.1) is 6.04 Å². The highest BCUT2D eigenvalue weighted by molar-refractivity contribution is 7.80. The first kappa shape index (κ1) is 79.3. The fourth-order valence-electron chi connectivity index (χ4n) is 8.91. The molecule has 0 aromatic rings. The minimum absolute atomic E-state index is 0.0208. The minimum Gasteiger partial charge on any atom is -0.480 e. The Bertz CT molecular complexity index is 2090. The second kappa shape index (κ2) is 43.9. The predicted molar refractivity (Wildman–Crippen MR) is 330 cm³/mol. The molecule has 0 fully saturated rings. The van der Waals surface area contributed by atoms with Crippen LogP contribution in [0, 0.1) is 23.7 Å². The number of carboxylic acid groups (broad SMARTS) is 1. The normalized spacial score (nSPS) is 15.3. The third kappa shape index (κ3) is 33.7. The molecule has 11 atom stereocenters. The van der Waals surface area contributed by atoms with Crippen molar-refractivity contribution in [2.75, 3.05) is 31.9 Å². The maximum Gasteiger partial charge on any atom is 0.327 e. The summed E-state index contributed by atoms with van der Waals surface area (Å²) in [6.45, 7) is 18.8. The molecule has 85 heavy (non-hydrogen) atoms. The summed E-state index contributed by atoms with van der Waals surface area (Å²) in [5, 5.41) is 36.2. The van der Waals surface area contributed by atoms with Crippen LogP contribution in [0.2, 0.25) is 0 Å². The van der Waals surface area contributed by atoms with E-state index in [4.69, 9.17) is 28.7 Å². The van der Waals surface area contributed by atoms with Gasteiger partial charge >= 0.3 is 5.97 Å². The monoisotopic (exact) mass is 1230 g/mol. The highest BCUT2D eigenvalue weighted by atomic mass is 32.1. The van der Waals surface area contributed by atoms with Gasteiger partial charge in [-0.2, -0.15) is 12.6 Å². The topological polar surface area (TPSA) is 458 Å². The lowest BCUT2D eigenvalue weighted by atomic mass is 9.99. The van der Waals surface area contributed by atoms with Gasteiger partial charge in [-0.25, -0.2) is 4.79 Å². The molecule has 28 heteroatoms. The smallest absolute Gasteiger partial charge is 0.327 e. The lowest BCUT2D eigenvalue weighted by Crippen LogP contribution is -2.60. The molecule has 0 aliphatic carbocycles. The van der Waals surface area contributed by atoms with Crippen LogP contribution in [-0.2, 0) is 52.7 Å². The van der Waals surface area contributed by atoms with Gasteiger partial charge in [0.25, 0.3) is 0 Å². The van der Waals surface area contributed by atoms with Crippen LogP contribution < -0.4 is 81.8 Å². The van der Waals surface area contributed by atoms with Crippen molar-refractivity contribution < 1.29 is 57.8 Å². The molecule has 0 bridgehead atoms. The van der Waals surface area contributed by atoms with E-state index in [1.165, 1.54) is 13.8 Å². The number of carboxylic acids is 1. The van der Waals surface area contributed by atoms with Crippen molar-refractivity contribution in [2.24, 2.45) is 52.3 Å². The molecule has 0 heterocycles. The number of hydrogen-bond acceptors (Lipinski definition) is 17. The molecule has 0 aliphatic rings. The second-order valence-corrected chi connectivity index (χ2v) is 24.1. The number of unbranched alkanes of at least 4 members (excludes halogenated alkanes) is 4. The fourth-order valence-corrected chi connectivity index (χ4v) is 9.16. The van der Waals surface area contributed by atoms with E-state index in [2.05, 4.69) is 65.8 Å². The quantitative estimate of drug-likeness (QED) is 0.0255. The number of thiol groups is 1. The largest absolute Gasteiger partial charge is 0.480 e.